The van der Waals surface area contributed by atoms with Gasteiger partial charge in [-0.05, 0) is 45.4 Å². The number of allylic oxidation sites excluding steroid dienone is 1. The van der Waals surface area contributed by atoms with E-state index in [9.17, 15) is 9.59 Å². The van der Waals surface area contributed by atoms with Gasteiger partial charge in [0.1, 0.15) is 17.4 Å². The van der Waals surface area contributed by atoms with Gasteiger partial charge in [-0.2, -0.15) is 0 Å². The molecule has 0 spiro atoms. The third kappa shape index (κ3) is 3.55. The average molecular weight is 333 g/mol. The van der Waals surface area contributed by atoms with Crippen LogP contribution in [0.3, 0.4) is 0 Å². The lowest BCUT2D eigenvalue weighted by Crippen LogP contribution is -2.53. The largest absolute Gasteiger partial charge is 0.318 e. The van der Waals surface area contributed by atoms with Crippen LogP contribution in [0, 0.1) is 5.92 Å². The van der Waals surface area contributed by atoms with Gasteiger partial charge in [-0.25, -0.2) is 0 Å². The average Bonchev–Trinajstić information content (AvgIpc) is 2.71. The number of carbonyl (C=O) groups excluding carboxylic acids is 2. The summed E-state index contributed by atoms with van der Waals surface area (Å²) in [5.41, 5.74) is -0.135. The van der Waals surface area contributed by atoms with Crippen molar-refractivity contribution in [3.05, 3.63) is 11.8 Å². The lowest BCUT2D eigenvalue weighted by Gasteiger charge is -2.39. The maximum atomic E-state index is 13.1. The summed E-state index contributed by atoms with van der Waals surface area (Å²) in [6.07, 6.45) is 8.06. The molecule has 0 aromatic heterocycles. The standard InChI is InChI=1S/C19H31N3O2/c1-6-7-12-21-18(24)16(13-14(2)3)22(19(21,4)5)17(23)15-10-8-9-11-20-15/h10-11,14,16H,6-9,12-13H2,1-5H3/t16-/m1/s1. The predicted octanol–water partition coefficient (Wildman–Crippen LogP) is 3.36. The van der Waals surface area contributed by atoms with Crippen LogP contribution in [-0.4, -0.2) is 46.1 Å². The Hall–Kier alpha value is -1.65. The van der Waals surface area contributed by atoms with Gasteiger partial charge in [0.15, 0.2) is 0 Å². The Balaban J connectivity index is 2.35. The Morgan fingerprint density at radius 1 is 1.38 bits per heavy atom. The van der Waals surface area contributed by atoms with E-state index in [0.29, 0.717) is 24.6 Å². The molecule has 5 heteroatoms. The number of amides is 2. The van der Waals surface area contributed by atoms with Crippen molar-refractivity contribution < 1.29 is 9.59 Å². The molecule has 1 saturated heterocycles. The van der Waals surface area contributed by atoms with E-state index < -0.39 is 5.66 Å². The highest BCUT2D eigenvalue weighted by atomic mass is 16.2. The zero-order chi connectivity index (χ0) is 17.9. The first-order valence-electron chi connectivity index (χ1n) is 9.18. The lowest BCUT2D eigenvalue weighted by atomic mass is 10.0. The van der Waals surface area contributed by atoms with E-state index in [4.69, 9.17) is 0 Å². The maximum Gasteiger partial charge on any atom is 0.274 e. The molecule has 0 aromatic rings. The highest BCUT2D eigenvalue weighted by Gasteiger charge is 2.53. The van der Waals surface area contributed by atoms with Crippen LogP contribution in [0.5, 0.6) is 0 Å². The first kappa shape index (κ1) is 18.7. The van der Waals surface area contributed by atoms with E-state index >= 15 is 0 Å². The van der Waals surface area contributed by atoms with E-state index in [1.54, 1.807) is 11.1 Å². The summed E-state index contributed by atoms with van der Waals surface area (Å²) in [6.45, 7) is 11.0. The molecule has 2 rings (SSSR count). The monoisotopic (exact) mass is 333 g/mol. The SMILES string of the molecule is CCCCN1C(=O)[C@@H](CC(C)C)N(C(=O)C2=CCCC=N2)C1(C)C. The van der Waals surface area contributed by atoms with Crippen molar-refractivity contribution in [3.8, 4) is 0 Å². The van der Waals surface area contributed by atoms with Gasteiger partial charge in [-0.3, -0.25) is 14.6 Å². The first-order chi connectivity index (χ1) is 11.3. The number of aliphatic imine (C=N–C) groups is 1. The lowest BCUT2D eigenvalue weighted by molar-refractivity contribution is -0.135. The van der Waals surface area contributed by atoms with Gasteiger partial charge < -0.3 is 9.80 Å². The fourth-order valence-electron chi connectivity index (χ4n) is 3.59. The van der Waals surface area contributed by atoms with Crippen molar-refractivity contribution in [1.29, 1.82) is 0 Å². The quantitative estimate of drug-likeness (QED) is 0.748. The van der Waals surface area contributed by atoms with E-state index in [0.717, 1.165) is 25.7 Å². The molecule has 0 aliphatic carbocycles. The minimum atomic E-state index is -0.614. The van der Waals surface area contributed by atoms with E-state index in [1.807, 2.05) is 24.8 Å². The van der Waals surface area contributed by atoms with Crippen LogP contribution in [0.4, 0.5) is 0 Å². The molecule has 0 saturated carbocycles. The smallest absolute Gasteiger partial charge is 0.274 e. The molecule has 0 unspecified atom stereocenters. The van der Waals surface area contributed by atoms with Crippen LogP contribution in [0.1, 0.15) is 66.7 Å². The van der Waals surface area contributed by atoms with Crippen LogP contribution in [0.2, 0.25) is 0 Å². The summed E-state index contributed by atoms with van der Waals surface area (Å²) in [7, 11) is 0. The molecular weight excluding hydrogens is 302 g/mol. The second-order valence-corrected chi connectivity index (χ2v) is 7.64. The summed E-state index contributed by atoms with van der Waals surface area (Å²) >= 11 is 0. The van der Waals surface area contributed by atoms with E-state index in [1.165, 1.54) is 0 Å². The summed E-state index contributed by atoms with van der Waals surface area (Å²) in [5.74, 6) is 0.310. The van der Waals surface area contributed by atoms with Gasteiger partial charge in [0.25, 0.3) is 5.91 Å². The zero-order valence-electron chi connectivity index (χ0n) is 15.7. The highest BCUT2D eigenvalue weighted by molar-refractivity contribution is 6.00. The van der Waals surface area contributed by atoms with Crippen molar-refractivity contribution in [2.75, 3.05) is 6.54 Å². The molecular formula is C19H31N3O2. The van der Waals surface area contributed by atoms with Crippen molar-refractivity contribution in [2.24, 2.45) is 10.9 Å². The third-order valence-corrected chi connectivity index (χ3v) is 4.84. The van der Waals surface area contributed by atoms with Crippen LogP contribution in [0.25, 0.3) is 0 Å². The Labute approximate surface area is 145 Å². The van der Waals surface area contributed by atoms with Crippen LogP contribution < -0.4 is 0 Å². The Morgan fingerprint density at radius 3 is 2.62 bits per heavy atom. The van der Waals surface area contributed by atoms with Gasteiger partial charge in [0.2, 0.25) is 5.91 Å². The van der Waals surface area contributed by atoms with Crippen molar-refractivity contribution >= 4 is 18.0 Å². The van der Waals surface area contributed by atoms with Gasteiger partial charge >= 0.3 is 0 Å². The fourth-order valence-corrected chi connectivity index (χ4v) is 3.59. The molecule has 1 fully saturated rings. The number of hydrogen-bond donors (Lipinski definition) is 0. The van der Waals surface area contributed by atoms with Crippen LogP contribution >= 0.6 is 0 Å². The molecule has 2 aliphatic heterocycles. The molecule has 2 amide bonds. The molecule has 24 heavy (non-hydrogen) atoms. The predicted molar refractivity (Wildman–Crippen MR) is 96.6 cm³/mol. The minimum absolute atomic E-state index is 0.0795. The van der Waals surface area contributed by atoms with Crippen LogP contribution in [-0.2, 0) is 9.59 Å². The normalized spacial score (nSPS) is 23.2. The number of hydrogen-bond acceptors (Lipinski definition) is 3. The summed E-state index contributed by atoms with van der Waals surface area (Å²) in [5, 5.41) is 0. The van der Waals surface area contributed by atoms with Crippen molar-refractivity contribution in [3.63, 3.8) is 0 Å². The summed E-state index contributed by atoms with van der Waals surface area (Å²) in [4.78, 5) is 34.1. The second-order valence-electron chi connectivity index (χ2n) is 7.64. The molecule has 0 bridgehead atoms. The maximum absolute atomic E-state index is 13.1. The molecule has 0 N–H and O–H groups in total. The summed E-state index contributed by atoms with van der Waals surface area (Å²) in [6, 6.07) is -0.387. The minimum Gasteiger partial charge on any atom is -0.318 e. The molecule has 0 radical (unpaired) electrons. The van der Waals surface area contributed by atoms with Gasteiger partial charge in [-0.1, -0.05) is 33.3 Å². The molecule has 0 aromatic carbocycles. The van der Waals surface area contributed by atoms with E-state index in [2.05, 4.69) is 25.8 Å². The van der Waals surface area contributed by atoms with Crippen LogP contribution in [0.15, 0.2) is 16.8 Å². The highest BCUT2D eigenvalue weighted by Crippen LogP contribution is 2.36. The Morgan fingerprint density at radius 2 is 2.08 bits per heavy atom. The fraction of sp³-hybridized carbons (Fsp3) is 0.737. The summed E-state index contributed by atoms with van der Waals surface area (Å²) < 4.78 is 0. The Kier molecular flexibility index (Phi) is 5.83. The number of carbonyl (C=O) groups is 2. The first-order valence-corrected chi connectivity index (χ1v) is 9.18. The Bertz CT molecular complexity index is 549. The van der Waals surface area contributed by atoms with E-state index in [-0.39, 0.29) is 17.9 Å². The molecule has 2 aliphatic rings. The third-order valence-electron chi connectivity index (χ3n) is 4.84. The number of rotatable bonds is 6. The van der Waals surface area contributed by atoms with Crippen molar-refractivity contribution in [2.45, 2.75) is 78.4 Å². The molecule has 2 heterocycles. The van der Waals surface area contributed by atoms with Gasteiger partial charge in [-0.15, -0.1) is 0 Å². The van der Waals surface area contributed by atoms with Crippen molar-refractivity contribution in [1.82, 2.24) is 9.80 Å². The number of unbranched alkanes of at least 4 members (excludes halogenated alkanes) is 1. The molecule has 1 atom stereocenters. The molecule has 5 nitrogen and oxygen atoms in total. The van der Waals surface area contributed by atoms with Gasteiger partial charge in [0, 0.05) is 12.8 Å². The zero-order valence-corrected chi connectivity index (χ0v) is 15.7. The molecule has 134 valence electrons. The number of nitrogens with zero attached hydrogens (tertiary/aromatic N) is 3. The second kappa shape index (κ2) is 7.49. The van der Waals surface area contributed by atoms with Gasteiger partial charge in [0.05, 0.1) is 0 Å². The topological polar surface area (TPSA) is 53.0 Å².